The van der Waals surface area contributed by atoms with Crippen LogP contribution in [0.4, 0.5) is 4.39 Å². The van der Waals surface area contributed by atoms with E-state index in [1.165, 1.54) is 29.8 Å². The minimum atomic E-state index is -0.753. The van der Waals surface area contributed by atoms with Gasteiger partial charge in [-0.1, -0.05) is 37.3 Å². The lowest BCUT2D eigenvalue weighted by atomic mass is 10.0. The molecule has 0 fully saturated rings. The van der Waals surface area contributed by atoms with Gasteiger partial charge < -0.3 is 20.5 Å². The van der Waals surface area contributed by atoms with Crippen LogP contribution in [-0.4, -0.2) is 43.4 Å². The number of hydrogen-bond acceptors (Lipinski definition) is 3. The van der Waals surface area contributed by atoms with Crippen LogP contribution in [0.2, 0.25) is 0 Å². The number of hydrogen-bond donors (Lipinski definition) is 3. The van der Waals surface area contributed by atoms with Crippen LogP contribution in [0.15, 0.2) is 59.6 Å². The minimum absolute atomic E-state index is 0. The van der Waals surface area contributed by atoms with E-state index in [2.05, 4.69) is 34.7 Å². The van der Waals surface area contributed by atoms with Gasteiger partial charge in [0.25, 0.3) is 0 Å². The van der Waals surface area contributed by atoms with Crippen molar-refractivity contribution in [3.8, 4) is 5.75 Å². The molecule has 0 aliphatic carbocycles. The summed E-state index contributed by atoms with van der Waals surface area (Å²) in [6.45, 7) is 5.90. The lowest BCUT2D eigenvalue weighted by molar-refractivity contribution is 0.114. The molecule has 2 aromatic rings. The van der Waals surface area contributed by atoms with E-state index in [0.29, 0.717) is 17.6 Å². The van der Waals surface area contributed by atoms with Crippen LogP contribution in [0.25, 0.3) is 0 Å². The second kappa shape index (κ2) is 13.3. The van der Waals surface area contributed by atoms with Crippen LogP contribution in [-0.2, 0) is 0 Å². The van der Waals surface area contributed by atoms with E-state index in [9.17, 15) is 9.50 Å². The smallest absolute Gasteiger partial charge is 0.191 e. The average molecular weight is 501 g/mol. The lowest BCUT2D eigenvalue weighted by Crippen LogP contribution is -2.39. The van der Waals surface area contributed by atoms with E-state index in [1.807, 2.05) is 25.1 Å². The molecule has 0 saturated heterocycles. The summed E-state index contributed by atoms with van der Waals surface area (Å²) in [5.74, 6) is 1.18. The predicted molar refractivity (Wildman–Crippen MR) is 122 cm³/mol. The molecule has 0 aliphatic heterocycles. The van der Waals surface area contributed by atoms with Crippen LogP contribution in [0.3, 0.4) is 0 Å². The van der Waals surface area contributed by atoms with E-state index in [1.54, 1.807) is 0 Å². The fourth-order valence-electron chi connectivity index (χ4n) is 2.46. The second-order valence-corrected chi connectivity index (χ2v) is 6.33. The van der Waals surface area contributed by atoms with Gasteiger partial charge in [0, 0.05) is 13.1 Å². The summed E-state index contributed by atoms with van der Waals surface area (Å²) in [5, 5.41) is 16.5. The highest BCUT2D eigenvalue weighted by Gasteiger charge is 2.08. The molecular weight excluding hydrogens is 472 g/mol. The number of aliphatic imine (C=N–C) groups is 1. The van der Waals surface area contributed by atoms with Crippen molar-refractivity contribution in [2.75, 3.05) is 26.2 Å². The van der Waals surface area contributed by atoms with Crippen molar-refractivity contribution < 1.29 is 14.2 Å². The Hall–Kier alpha value is -1.87. The van der Waals surface area contributed by atoms with Gasteiger partial charge in [0.2, 0.25) is 0 Å². The molecule has 0 amide bonds. The summed E-state index contributed by atoms with van der Waals surface area (Å²) in [4.78, 5) is 4.41. The maximum Gasteiger partial charge on any atom is 0.191 e. The van der Waals surface area contributed by atoms with E-state index >= 15 is 0 Å². The van der Waals surface area contributed by atoms with Crippen molar-refractivity contribution in [2.45, 2.75) is 25.9 Å². The SMILES string of the molecule is CCNC(=NCC(O)COc1ccc(F)cc1)NCC(C)c1ccccc1.I. The third-order valence-corrected chi connectivity index (χ3v) is 4.00. The van der Waals surface area contributed by atoms with E-state index in [0.717, 1.165) is 13.1 Å². The van der Waals surface area contributed by atoms with Crippen LogP contribution in [0.1, 0.15) is 25.3 Å². The van der Waals surface area contributed by atoms with Gasteiger partial charge in [-0.2, -0.15) is 0 Å². The Bertz CT molecular complexity index is 699. The zero-order chi connectivity index (χ0) is 19.5. The van der Waals surface area contributed by atoms with Crippen LogP contribution < -0.4 is 15.4 Å². The molecule has 7 heteroatoms. The number of rotatable bonds is 9. The largest absolute Gasteiger partial charge is 0.491 e. The number of guanidine groups is 1. The number of halogens is 2. The first-order chi connectivity index (χ1) is 13.1. The van der Waals surface area contributed by atoms with Gasteiger partial charge in [0.15, 0.2) is 5.96 Å². The first-order valence-electron chi connectivity index (χ1n) is 9.22. The van der Waals surface area contributed by atoms with Crippen molar-refractivity contribution in [3.05, 3.63) is 66.0 Å². The molecule has 28 heavy (non-hydrogen) atoms. The van der Waals surface area contributed by atoms with Crippen molar-refractivity contribution in [2.24, 2.45) is 4.99 Å². The van der Waals surface area contributed by atoms with Gasteiger partial charge in [-0.3, -0.25) is 4.99 Å². The van der Waals surface area contributed by atoms with Crippen LogP contribution in [0, 0.1) is 5.82 Å². The third-order valence-electron chi connectivity index (χ3n) is 4.00. The zero-order valence-corrected chi connectivity index (χ0v) is 18.6. The number of aliphatic hydroxyl groups is 1. The quantitative estimate of drug-likeness (QED) is 0.280. The normalized spacial score (nSPS) is 13.2. The Morgan fingerprint density at radius 1 is 1.11 bits per heavy atom. The van der Waals surface area contributed by atoms with Gasteiger partial charge in [-0.25, -0.2) is 4.39 Å². The summed E-state index contributed by atoms with van der Waals surface area (Å²) in [6.07, 6.45) is -0.753. The number of nitrogens with zero attached hydrogens (tertiary/aromatic N) is 1. The van der Waals surface area contributed by atoms with Gasteiger partial charge >= 0.3 is 0 Å². The molecule has 154 valence electrons. The number of nitrogens with one attached hydrogen (secondary N) is 2. The molecule has 0 aliphatic rings. The first-order valence-corrected chi connectivity index (χ1v) is 9.22. The molecule has 0 saturated carbocycles. The van der Waals surface area contributed by atoms with Gasteiger partial charge in [0.05, 0.1) is 6.54 Å². The summed E-state index contributed by atoms with van der Waals surface area (Å²) >= 11 is 0. The summed E-state index contributed by atoms with van der Waals surface area (Å²) in [5.41, 5.74) is 1.26. The molecule has 2 unspecified atom stereocenters. The van der Waals surface area contributed by atoms with E-state index in [4.69, 9.17) is 4.74 Å². The van der Waals surface area contributed by atoms with Gasteiger partial charge in [-0.15, -0.1) is 24.0 Å². The van der Waals surface area contributed by atoms with Crippen LogP contribution >= 0.6 is 24.0 Å². The monoisotopic (exact) mass is 501 g/mol. The highest BCUT2D eigenvalue weighted by atomic mass is 127. The zero-order valence-electron chi connectivity index (χ0n) is 16.3. The van der Waals surface area contributed by atoms with Crippen LogP contribution in [0.5, 0.6) is 5.75 Å². The van der Waals surface area contributed by atoms with Gasteiger partial charge in [-0.05, 0) is 42.7 Å². The number of aliphatic hydroxyl groups excluding tert-OH is 1. The molecule has 2 aromatic carbocycles. The number of benzene rings is 2. The molecule has 0 heterocycles. The Labute approximate surface area is 183 Å². The Kier molecular flexibility index (Phi) is 11.5. The summed E-state index contributed by atoms with van der Waals surface area (Å²) in [6, 6.07) is 16.0. The lowest BCUT2D eigenvalue weighted by Gasteiger charge is -2.17. The molecule has 5 nitrogen and oxygen atoms in total. The third kappa shape index (κ3) is 8.88. The molecule has 0 radical (unpaired) electrons. The molecule has 3 N–H and O–H groups in total. The molecular formula is C21H29FIN3O2. The highest BCUT2D eigenvalue weighted by Crippen LogP contribution is 2.13. The molecule has 2 atom stereocenters. The average Bonchev–Trinajstić information content (AvgIpc) is 2.70. The standard InChI is InChI=1S/C21H28FN3O2.HI/c1-3-23-21(24-13-16(2)17-7-5-4-6-8-17)25-14-19(26)15-27-20-11-9-18(22)10-12-20;/h4-12,16,19,26H,3,13-15H2,1-2H3,(H2,23,24,25);1H. The highest BCUT2D eigenvalue weighted by molar-refractivity contribution is 14.0. The second-order valence-electron chi connectivity index (χ2n) is 6.33. The predicted octanol–water partition coefficient (Wildman–Crippen LogP) is 3.54. The van der Waals surface area contributed by atoms with Crippen molar-refractivity contribution in [1.29, 1.82) is 0 Å². The fourth-order valence-corrected chi connectivity index (χ4v) is 2.46. The van der Waals surface area contributed by atoms with Crippen molar-refractivity contribution in [1.82, 2.24) is 10.6 Å². The van der Waals surface area contributed by atoms with E-state index < -0.39 is 6.10 Å². The molecule has 0 bridgehead atoms. The minimum Gasteiger partial charge on any atom is -0.491 e. The number of ether oxygens (including phenoxy) is 1. The summed E-state index contributed by atoms with van der Waals surface area (Å²) in [7, 11) is 0. The maximum atomic E-state index is 12.9. The Morgan fingerprint density at radius 3 is 2.43 bits per heavy atom. The topological polar surface area (TPSA) is 65.9 Å². The Morgan fingerprint density at radius 2 is 1.79 bits per heavy atom. The first kappa shape index (κ1) is 24.2. The Balaban J connectivity index is 0.00000392. The molecule has 0 spiro atoms. The molecule has 0 aromatic heterocycles. The fraction of sp³-hybridized carbons (Fsp3) is 0.381. The summed E-state index contributed by atoms with van der Waals surface area (Å²) < 4.78 is 18.3. The van der Waals surface area contributed by atoms with Crippen molar-refractivity contribution >= 4 is 29.9 Å². The van der Waals surface area contributed by atoms with E-state index in [-0.39, 0.29) is 42.9 Å². The maximum absolute atomic E-state index is 12.9. The van der Waals surface area contributed by atoms with Crippen molar-refractivity contribution in [3.63, 3.8) is 0 Å². The molecule has 2 rings (SSSR count). The van der Waals surface area contributed by atoms with Gasteiger partial charge in [0.1, 0.15) is 24.3 Å².